The molecule has 3 amide bonds. The van der Waals surface area contributed by atoms with Gasteiger partial charge in [0.05, 0.1) is 53.9 Å². The van der Waals surface area contributed by atoms with Crippen molar-refractivity contribution in [1.82, 2.24) is 10.2 Å². The Morgan fingerprint density at radius 2 is 1.87 bits per heavy atom. The third-order valence-corrected chi connectivity index (χ3v) is 11.1. The summed E-state index contributed by atoms with van der Waals surface area (Å²) < 4.78 is 18.5. The first-order chi connectivity index (χ1) is 25.1. The zero-order valence-electron chi connectivity index (χ0n) is 30.1. The number of ether oxygens (including phenoxy) is 3. The molecule has 280 valence electrons. The summed E-state index contributed by atoms with van der Waals surface area (Å²) in [5.74, 6) is -4.10. The second-order valence-corrected chi connectivity index (χ2v) is 14.3. The minimum absolute atomic E-state index is 0.0438. The van der Waals surface area contributed by atoms with Crippen molar-refractivity contribution in [2.75, 3.05) is 31.8 Å². The van der Waals surface area contributed by atoms with E-state index in [4.69, 9.17) is 25.8 Å². The number of nitrogens with one attached hydrogen (secondary N) is 1. The van der Waals surface area contributed by atoms with Crippen LogP contribution in [0.1, 0.15) is 57.6 Å². The first-order valence-corrected chi connectivity index (χ1v) is 18.4. The van der Waals surface area contributed by atoms with E-state index in [1.165, 1.54) is 16.9 Å². The number of carbonyl (C=O) groups excluding carboxylic acids is 4. The van der Waals surface area contributed by atoms with E-state index in [0.29, 0.717) is 42.0 Å². The number of fused-ring (bicyclic) bond motifs is 1. The van der Waals surface area contributed by atoms with E-state index in [0.717, 1.165) is 0 Å². The molecular formula is C40H50ClN3O8. The van der Waals surface area contributed by atoms with Crippen LogP contribution in [0.15, 0.2) is 79.9 Å². The summed E-state index contributed by atoms with van der Waals surface area (Å²) in [7, 11) is 1.50. The Kier molecular flexibility index (Phi) is 13.0. The number of aliphatic hydroxyl groups excluding tert-OH is 1. The Balaban J connectivity index is 1.55. The van der Waals surface area contributed by atoms with Crippen LogP contribution in [0.25, 0.3) is 0 Å². The van der Waals surface area contributed by atoms with Crippen LogP contribution < -0.4 is 10.2 Å². The van der Waals surface area contributed by atoms with Gasteiger partial charge in [0.25, 0.3) is 5.91 Å². The number of anilines is 1. The zero-order chi connectivity index (χ0) is 37.6. The second-order valence-electron chi connectivity index (χ2n) is 13.9. The summed E-state index contributed by atoms with van der Waals surface area (Å²) >= 11 is 6.61. The number of likely N-dealkylation sites (tertiary alicyclic amines) is 1. The lowest BCUT2D eigenvalue weighted by Gasteiger charge is -2.41. The molecule has 11 nitrogen and oxygen atoms in total. The van der Waals surface area contributed by atoms with Crippen molar-refractivity contribution >= 4 is 41.0 Å². The van der Waals surface area contributed by atoms with E-state index < -0.39 is 65.6 Å². The molecule has 2 bridgehead atoms. The van der Waals surface area contributed by atoms with Gasteiger partial charge in [0.1, 0.15) is 17.7 Å². The minimum atomic E-state index is -1.36. The maximum Gasteiger partial charge on any atom is 0.313 e. The first-order valence-electron chi connectivity index (χ1n) is 18.0. The molecule has 0 aliphatic carbocycles. The van der Waals surface area contributed by atoms with Crippen molar-refractivity contribution in [3.05, 3.63) is 90.5 Å². The third-order valence-electron chi connectivity index (χ3n) is 10.8. The molecule has 3 aliphatic rings. The minimum Gasteiger partial charge on any atom is -0.455 e. The van der Waals surface area contributed by atoms with E-state index >= 15 is 0 Å². The number of hydrogen-bond donors (Lipinski definition) is 2. The molecule has 1 spiro atoms. The van der Waals surface area contributed by atoms with Gasteiger partial charge in [0.15, 0.2) is 0 Å². The number of amides is 3. The van der Waals surface area contributed by atoms with Crippen molar-refractivity contribution in [2.24, 2.45) is 17.8 Å². The van der Waals surface area contributed by atoms with E-state index in [1.807, 2.05) is 32.0 Å². The predicted octanol–water partition coefficient (Wildman–Crippen LogP) is 5.02. The van der Waals surface area contributed by atoms with Gasteiger partial charge in [-0.1, -0.05) is 86.5 Å². The lowest BCUT2D eigenvalue weighted by atomic mass is 9.70. The molecule has 3 saturated heterocycles. The van der Waals surface area contributed by atoms with E-state index in [9.17, 15) is 24.3 Å². The highest BCUT2D eigenvalue weighted by Crippen LogP contribution is 2.60. The molecule has 3 aliphatic heterocycles. The van der Waals surface area contributed by atoms with Crippen molar-refractivity contribution in [1.29, 1.82) is 0 Å². The van der Waals surface area contributed by atoms with Crippen LogP contribution in [0.3, 0.4) is 0 Å². The number of methoxy groups -OCH3 is 1. The summed E-state index contributed by atoms with van der Waals surface area (Å²) in [4.78, 5) is 60.3. The van der Waals surface area contributed by atoms with Crippen LogP contribution in [0.4, 0.5) is 5.69 Å². The quantitative estimate of drug-likeness (QED) is 0.161. The summed E-state index contributed by atoms with van der Waals surface area (Å²) in [5, 5.41) is 14.1. The number of rotatable bonds is 18. The van der Waals surface area contributed by atoms with Gasteiger partial charge in [-0.25, -0.2) is 0 Å². The van der Waals surface area contributed by atoms with Gasteiger partial charge >= 0.3 is 5.97 Å². The number of benzene rings is 2. The van der Waals surface area contributed by atoms with E-state index in [1.54, 1.807) is 48.6 Å². The zero-order valence-corrected chi connectivity index (χ0v) is 30.9. The molecule has 2 aromatic rings. The standard InChI is InChI=1S/C40H50ClN3O8/c1-6-9-19-32(46)42-28(24-50-5)35(26-15-11-10-12-16-26)51-39(49)33-31-20-21-40(52-31)34(33)37(47)44(30(23-45)25(4)8-3)36(40)38(48)43(22-7-2)29-18-14-13-17-27(29)41/h6-7,10-18,25,28,30-31,33-36,45H,1-2,8-9,19-24H2,3-5H3,(H,42,46)/t25-,28-,30-,31+,33-,34-,35-,36+,40-/m0/s1. The molecular weight excluding hydrogens is 686 g/mol. The van der Waals surface area contributed by atoms with E-state index in [-0.39, 0.29) is 38.0 Å². The summed E-state index contributed by atoms with van der Waals surface area (Å²) in [6.45, 7) is 11.2. The maximum atomic E-state index is 15.0. The van der Waals surface area contributed by atoms with Crippen molar-refractivity contribution < 1.29 is 38.5 Å². The van der Waals surface area contributed by atoms with Gasteiger partial charge in [0, 0.05) is 20.1 Å². The maximum absolute atomic E-state index is 15.0. The molecule has 0 radical (unpaired) electrons. The predicted molar refractivity (Wildman–Crippen MR) is 197 cm³/mol. The number of esters is 1. The number of halogens is 1. The highest BCUT2D eigenvalue weighted by molar-refractivity contribution is 6.34. The van der Waals surface area contributed by atoms with Crippen molar-refractivity contribution in [3.63, 3.8) is 0 Å². The highest BCUT2D eigenvalue weighted by atomic mass is 35.5. The Morgan fingerprint density at radius 3 is 2.50 bits per heavy atom. The summed E-state index contributed by atoms with van der Waals surface area (Å²) in [6, 6.07) is 13.3. The fourth-order valence-electron chi connectivity index (χ4n) is 8.19. The number of para-hydroxylation sites is 1. The molecule has 2 N–H and O–H groups in total. The monoisotopic (exact) mass is 735 g/mol. The molecule has 0 aromatic heterocycles. The van der Waals surface area contributed by atoms with Gasteiger partial charge in [-0.3, -0.25) is 19.2 Å². The lowest BCUT2D eigenvalue weighted by molar-refractivity contribution is -0.163. The van der Waals surface area contributed by atoms with Crippen molar-refractivity contribution in [2.45, 2.75) is 81.9 Å². The summed E-state index contributed by atoms with van der Waals surface area (Å²) in [6.07, 6.45) is 3.63. The Hall–Kier alpha value is -4.03. The molecule has 9 atom stereocenters. The number of allylic oxidation sites excluding steroid dienone is 1. The Labute approximate surface area is 310 Å². The van der Waals surface area contributed by atoms with Gasteiger partial charge in [-0.05, 0) is 42.9 Å². The molecule has 52 heavy (non-hydrogen) atoms. The van der Waals surface area contributed by atoms with Gasteiger partial charge in [0.2, 0.25) is 11.8 Å². The molecule has 3 fully saturated rings. The van der Waals surface area contributed by atoms with Crippen LogP contribution in [0.5, 0.6) is 0 Å². The molecule has 12 heteroatoms. The highest BCUT2D eigenvalue weighted by Gasteiger charge is 2.76. The first kappa shape index (κ1) is 39.2. The Morgan fingerprint density at radius 1 is 1.15 bits per heavy atom. The molecule has 3 heterocycles. The smallest absolute Gasteiger partial charge is 0.313 e. The van der Waals surface area contributed by atoms with E-state index in [2.05, 4.69) is 18.5 Å². The largest absolute Gasteiger partial charge is 0.455 e. The topological polar surface area (TPSA) is 135 Å². The summed E-state index contributed by atoms with van der Waals surface area (Å²) in [5.41, 5.74) is -0.291. The second kappa shape index (κ2) is 17.2. The van der Waals surface area contributed by atoms with Gasteiger partial charge in [-0.15, -0.1) is 13.2 Å². The van der Waals surface area contributed by atoms with Crippen LogP contribution in [0.2, 0.25) is 5.02 Å². The third kappa shape index (κ3) is 7.42. The average molecular weight is 736 g/mol. The Bertz CT molecular complexity index is 1620. The van der Waals surface area contributed by atoms with Crippen LogP contribution in [0, 0.1) is 17.8 Å². The lowest BCUT2D eigenvalue weighted by Crippen LogP contribution is -2.60. The fraction of sp³-hybridized carbons (Fsp3) is 0.500. The molecule has 2 aromatic carbocycles. The number of nitrogens with zero attached hydrogens (tertiary/aromatic N) is 2. The van der Waals surface area contributed by atoms with Gasteiger partial charge in [-0.2, -0.15) is 0 Å². The molecule has 0 unspecified atom stereocenters. The van der Waals surface area contributed by atoms with Crippen molar-refractivity contribution in [3.8, 4) is 0 Å². The molecule has 5 rings (SSSR count). The number of aliphatic hydroxyl groups is 1. The number of hydrogen-bond acceptors (Lipinski definition) is 8. The average Bonchev–Trinajstić information content (AvgIpc) is 3.80. The molecule has 0 saturated carbocycles. The normalized spacial score (nSPS) is 25.5. The van der Waals surface area contributed by atoms with Gasteiger partial charge < -0.3 is 34.4 Å². The SMILES string of the molecule is C=CCCC(=O)N[C@@H](COC)[C@@H](OC(=O)[C@@H]1[C@H]2C(=O)N([C@@H](CO)[C@@H](C)CC)[C@H](C(=O)N(CC=C)c3ccccc3Cl)[C@]23CC[C@H]1O3)c1ccccc1. The van der Waals surface area contributed by atoms with Crippen LogP contribution in [-0.2, 0) is 33.4 Å². The number of carbonyl (C=O) groups is 4. The fourth-order valence-corrected chi connectivity index (χ4v) is 8.43. The van der Waals surface area contributed by atoms with Crippen LogP contribution >= 0.6 is 11.6 Å². The van der Waals surface area contributed by atoms with Crippen LogP contribution in [-0.4, -0.2) is 90.4 Å².